The molecule has 0 saturated heterocycles. The van der Waals surface area contributed by atoms with Gasteiger partial charge in [0.2, 0.25) is 0 Å². The fraction of sp³-hybridized carbons (Fsp3) is 0.235. The van der Waals surface area contributed by atoms with Crippen LogP contribution in [0.1, 0.15) is 22.9 Å². The molecule has 0 radical (unpaired) electrons. The van der Waals surface area contributed by atoms with Crippen molar-refractivity contribution >= 4 is 11.0 Å². The molecule has 3 aromatic rings. The smallest absolute Gasteiger partial charge is 0.163 e. The number of aromatic nitrogens is 2. The number of hydrogen-bond acceptors (Lipinski definition) is 3. The van der Waals surface area contributed by atoms with E-state index in [9.17, 15) is 0 Å². The van der Waals surface area contributed by atoms with Crippen LogP contribution in [-0.2, 0) is 6.42 Å². The first kappa shape index (κ1) is 11.2. The lowest BCUT2D eigenvalue weighted by Gasteiger charge is -2.28. The number of nitrogens with zero attached hydrogens (tertiary/aromatic N) is 1. The Morgan fingerprint density at radius 1 is 1.05 bits per heavy atom. The summed E-state index contributed by atoms with van der Waals surface area (Å²) < 4.78 is 11.2. The lowest BCUT2D eigenvalue weighted by molar-refractivity contribution is 0.172. The minimum atomic E-state index is 0.382. The molecule has 21 heavy (non-hydrogen) atoms. The number of imidazole rings is 1. The fourth-order valence-corrected chi connectivity index (χ4v) is 3.23. The second kappa shape index (κ2) is 4.01. The van der Waals surface area contributed by atoms with Gasteiger partial charge < -0.3 is 14.5 Å². The van der Waals surface area contributed by atoms with Gasteiger partial charge in [0, 0.05) is 18.1 Å². The van der Waals surface area contributed by atoms with Gasteiger partial charge in [0.25, 0.3) is 0 Å². The SMILES string of the molecule is c1ccc2c(c1)CC2c1nc2cc3c(cc2[nH]1)OCCO3. The average Bonchev–Trinajstić information content (AvgIpc) is 2.88. The minimum absolute atomic E-state index is 0.382. The zero-order valence-electron chi connectivity index (χ0n) is 11.4. The molecule has 1 aliphatic carbocycles. The van der Waals surface area contributed by atoms with Crippen molar-refractivity contribution < 1.29 is 9.47 Å². The molecule has 2 heterocycles. The highest BCUT2D eigenvalue weighted by molar-refractivity contribution is 5.80. The maximum absolute atomic E-state index is 5.63. The van der Waals surface area contributed by atoms with Crippen molar-refractivity contribution in [2.24, 2.45) is 0 Å². The topological polar surface area (TPSA) is 47.1 Å². The molecule has 0 amide bonds. The minimum Gasteiger partial charge on any atom is -0.486 e. The van der Waals surface area contributed by atoms with Gasteiger partial charge in [-0.25, -0.2) is 4.98 Å². The molecule has 0 saturated carbocycles. The van der Waals surface area contributed by atoms with Crippen molar-refractivity contribution in [3.63, 3.8) is 0 Å². The third-order valence-electron chi connectivity index (χ3n) is 4.35. The van der Waals surface area contributed by atoms with Gasteiger partial charge in [-0.2, -0.15) is 0 Å². The second-order valence-corrected chi connectivity index (χ2v) is 5.59. The van der Waals surface area contributed by atoms with Crippen LogP contribution in [0.25, 0.3) is 11.0 Å². The molecule has 1 aromatic heterocycles. The van der Waals surface area contributed by atoms with E-state index in [0.717, 1.165) is 34.8 Å². The molecule has 4 heteroatoms. The molecule has 104 valence electrons. The molecule has 1 aliphatic heterocycles. The van der Waals surface area contributed by atoms with Crippen LogP contribution >= 0.6 is 0 Å². The number of nitrogens with one attached hydrogen (secondary N) is 1. The van der Waals surface area contributed by atoms with E-state index in [4.69, 9.17) is 14.5 Å². The molecule has 1 atom stereocenters. The maximum Gasteiger partial charge on any atom is 0.163 e. The van der Waals surface area contributed by atoms with Crippen LogP contribution in [0.2, 0.25) is 0 Å². The molecule has 0 fully saturated rings. The Morgan fingerprint density at radius 2 is 1.86 bits per heavy atom. The van der Waals surface area contributed by atoms with Crippen molar-refractivity contribution in [3.05, 3.63) is 53.3 Å². The molecule has 0 spiro atoms. The van der Waals surface area contributed by atoms with Crippen LogP contribution in [-0.4, -0.2) is 23.2 Å². The van der Waals surface area contributed by atoms with Gasteiger partial charge >= 0.3 is 0 Å². The molecule has 1 unspecified atom stereocenters. The van der Waals surface area contributed by atoms with Gasteiger partial charge in [0.15, 0.2) is 11.5 Å². The summed E-state index contributed by atoms with van der Waals surface area (Å²) in [6.07, 6.45) is 1.06. The Morgan fingerprint density at radius 3 is 2.71 bits per heavy atom. The van der Waals surface area contributed by atoms with Crippen molar-refractivity contribution in [2.45, 2.75) is 12.3 Å². The summed E-state index contributed by atoms with van der Waals surface area (Å²) >= 11 is 0. The lowest BCUT2D eigenvalue weighted by Crippen LogP contribution is -2.18. The van der Waals surface area contributed by atoms with Crippen molar-refractivity contribution in [2.75, 3.05) is 13.2 Å². The highest BCUT2D eigenvalue weighted by atomic mass is 16.6. The number of hydrogen-bond donors (Lipinski definition) is 1. The van der Waals surface area contributed by atoms with E-state index in [1.54, 1.807) is 0 Å². The second-order valence-electron chi connectivity index (χ2n) is 5.59. The first-order valence-electron chi connectivity index (χ1n) is 7.25. The highest BCUT2D eigenvalue weighted by Crippen LogP contribution is 2.40. The third kappa shape index (κ3) is 1.59. The Kier molecular flexibility index (Phi) is 2.14. The zero-order valence-corrected chi connectivity index (χ0v) is 11.4. The molecule has 4 nitrogen and oxygen atoms in total. The van der Waals surface area contributed by atoms with Gasteiger partial charge in [-0.3, -0.25) is 0 Å². The Bertz CT molecular complexity index is 810. The summed E-state index contributed by atoms with van der Waals surface area (Å²) in [5.41, 5.74) is 4.76. The third-order valence-corrected chi connectivity index (χ3v) is 4.35. The Hall–Kier alpha value is -2.49. The van der Waals surface area contributed by atoms with Crippen molar-refractivity contribution in [3.8, 4) is 11.5 Å². The maximum atomic E-state index is 5.63. The van der Waals surface area contributed by atoms with Crippen LogP contribution in [0.15, 0.2) is 36.4 Å². The monoisotopic (exact) mass is 278 g/mol. The van der Waals surface area contributed by atoms with Crippen molar-refractivity contribution in [1.82, 2.24) is 9.97 Å². The molecule has 2 aliphatic rings. The molecule has 5 rings (SSSR count). The van der Waals surface area contributed by atoms with Crippen molar-refractivity contribution in [1.29, 1.82) is 0 Å². The largest absolute Gasteiger partial charge is 0.486 e. The molecular formula is C17H14N2O2. The number of ether oxygens (including phenoxy) is 2. The molecule has 0 bridgehead atoms. The van der Waals surface area contributed by atoms with Gasteiger partial charge in [0.05, 0.1) is 11.0 Å². The normalized spacial score (nSPS) is 19.1. The Labute approximate surface area is 121 Å². The Balaban J connectivity index is 1.60. The van der Waals surface area contributed by atoms with E-state index in [0.29, 0.717) is 19.1 Å². The number of rotatable bonds is 1. The lowest BCUT2D eigenvalue weighted by atomic mass is 9.77. The fourth-order valence-electron chi connectivity index (χ4n) is 3.23. The van der Waals surface area contributed by atoms with Gasteiger partial charge in [-0.15, -0.1) is 0 Å². The predicted molar refractivity (Wildman–Crippen MR) is 79.1 cm³/mol. The van der Waals surface area contributed by atoms with Gasteiger partial charge in [-0.1, -0.05) is 24.3 Å². The summed E-state index contributed by atoms with van der Waals surface area (Å²) in [4.78, 5) is 8.19. The van der Waals surface area contributed by atoms with E-state index in [-0.39, 0.29) is 0 Å². The molecular weight excluding hydrogens is 264 g/mol. The summed E-state index contributed by atoms with van der Waals surface area (Å²) in [7, 11) is 0. The van der Waals surface area contributed by atoms with Crippen LogP contribution in [0.3, 0.4) is 0 Å². The first-order chi connectivity index (χ1) is 10.4. The highest BCUT2D eigenvalue weighted by Gasteiger charge is 2.29. The number of aromatic amines is 1. The first-order valence-corrected chi connectivity index (χ1v) is 7.25. The average molecular weight is 278 g/mol. The predicted octanol–water partition coefficient (Wildman–Crippen LogP) is 3.02. The standard InChI is InChI=1S/C17H14N2O2/c1-2-4-11-10(3-1)7-12(11)17-18-13-8-15-16(9-14(13)19-17)21-6-5-20-15/h1-4,8-9,12H,5-7H2,(H,18,19). The van der Waals surface area contributed by atoms with Gasteiger partial charge in [-0.05, 0) is 17.5 Å². The zero-order chi connectivity index (χ0) is 13.8. The molecule has 2 aromatic carbocycles. The number of H-pyrrole nitrogens is 1. The summed E-state index contributed by atoms with van der Waals surface area (Å²) in [5, 5.41) is 0. The van der Waals surface area contributed by atoms with E-state index in [1.807, 2.05) is 12.1 Å². The summed E-state index contributed by atoms with van der Waals surface area (Å²) in [5.74, 6) is 3.01. The van der Waals surface area contributed by atoms with E-state index < -0.39 is 0 Å². The summed E-state index contributed by atoms with van der Waals surface area (Å²) in [6.45, 7) is 1.21. The summed E-state index contributed by atoms with van der Waals surface area (Å²) in [6, 6.07) is 12.5. The quantitative estimate of drug-likeness (QED) is 0.744. The van der Waals surface area contributed by atoms with E-state index >= 15 is 0 Å². The number of fused-ring (bicyclic) bond motifs is 3. The van der Waals surface area contributed by atoms with E-state index in [2.05, 4.69) is 29.2 Å². The molecule has 1 N–H and O–H groups in total. The van der Waals surface area contributed by atoms with Crippen LogP contribution < -0.4 is 9.47 Å². The van der Waals surface area contributed by atoms with Gasteiger partial charge in [0.1, 0.15) is 19.0 Å². The van der Waals surface area contributed by atoms with Crippen LogP contribution in [0.5, 0.6) is 11.5 Å². The van der Waals surface area contributed by atoms with Crippen LogP contribution in [0, 0.1) is 0 Å². The number of benzene rings is 2. The van der Waals surface area contributed by atoms with E-state index in [1.165, 1.54) is 11.1 Å². The van der Waals surface area contributed by atoms with Crippen LogP contribution in [0.4, 0.5) is 0 Å².